The topological polar surface area (TPSA) is 76.0 Å². The largest absolute Gasteiger partial charge is 0.490 e. The van der Waals surface area contributed by atoms with Gasteiger partial charge in [-0.3, -0.25) is 4.79 Å². The van der Waals surface area contributed by atoms with Gasteiger partial charge in [0.2, 0.25) is 0 Å². The molecule has 0 aliphatic heterocycles. The maximum absolute atomic E-state index is 10.5. The summed E-state index contributed by atoms with van der Waals surface area (Å²) in [7, 11) is 0. The van der Waals surface area contributed by atoms with Crippen LogP contribution in [0.25, 0.3) is 0 Å². The second-order valence-electron chi connectivity index (χ2n) is 4.02. The standard InChI is InChI=1S/C14H20O5/c1-3-18-12-7-5-10(9-13(12)19-4-2)11(15)6-8-14(16)17/h5,7,9,11,15H,3-4,6,8H2,1-2H3,(H,16,17)/t11-/m1/s1. The Morgan fingerprint density at radius 3 is 2.42 bits per heavy atom. The number of rotatable bonds is 8. The van der Waals surface area contributed by atoms with Crippen molar-refractivity contribution in [1.82, 2.24) is 0 Å². The molecule has 19 heavy (non-hydrogen) atoms. The Morgan fingerprint density at radius 1 is 1.21 bits per heavy atom. The number of carbonyl (C=O) groups is 1. The van der Waals surface area contributed by atoms with Crippen molar-refractivity contribution in [2.24, 2.45) is 0 Å². The first-order valence-corrected chi connectivity index (χ1v) is 6.37. The molecule has 0 unspecified atom stereocenters. The summed E-state index contributed by atoms with van der Waals surface area (Å²) in [6.45, 7) is 4.77. The number of aliphatic hydroxyl groups is 1. The lowest BCUT2D eigenvalue weighted by Gasteiger charge is -2.15. The summed E-state index contributed by atoms with van der Waals surface area (Å²) in [5.41, 5.74) is 0.633. The Hall–Kier alpha value is -1.75. The lowest BCUT2D eigenvalue weighted by molar-refractivity contribution is -0.137. The van der Waals surface area contributed by atoms with Gasteiger partial charge < -0.3 is 19.7 Å². The summed E-state index contributed by atoms with van der Waals surface area (Å²) in [6, 6.07) is 5.15. The Labute approximate surface area is 112 Å². The molecule has 106 valence electrons. The fourth-order valence-electron chi connectivity index (χ4n) is 1.70. The highest BCUT2D eigenvalue weighted by Gasteiger charge is 2.13. The molecule has 1 aromatic rings. The van der Waals surface area contributed by atoms with Gasteiger partial charge in [0, 0.05) is 6.42 Å². The Kier molecular flexibility index (Phi) is 6.15. The van der Waals surface area contributed by atoms with Crippen LogP contribution in [0.4, 0.5) is 0 Å². The Morgan fingerprint density at radius 2 is 1.84 bits per heavy atom. The molecule has 0 bridgehead atoms. The molecular weight excluding hydrogens is 248 g/mol. The predicted molar refractivity (Wildman–Crippen MR) is 70.6 cm³/mol. The number of aliphatic carboxylic acids is 1. The Bertz CT molecular complexity index is 416. The smallest absolute Gasteiger partial charge is 0.303 e. The normalized spacial score (nSPS) is 11.9. The third-order valence-corrected chi connectivity index (χ3v) is 2.58. The molecule has 0 aromatic heterocycles. The van der Waals surface area contributed by atoms with Gasteiger partial charge in [-0.2, -0.15) is 0 Å². The van der Waals surface area contributed by atoms with Gasteiger partial charge >= 0.3 is 5.97 Å². The van der Waals surface area contributed by atoms with Crippen LogP contribution in [0.5, 0.6) is 11.5 Å². The van der Waals surface area contributed by atoms with E-state index < -0.39 is 12.1 Å². The molecule has 0 amide bonds. The van der Waals surface area contributed by atoms with E-state index in [0.717, 1.165) is 0 Å². The Balaban J connectivity index is 2.84. The fourth-order valence-corrected chi connectivity index (χ4v) is 1.70. The first-order valence-electron chi connectivity index (χ1n) is 6.37. The van der Waals surface area contributed by atoms with Crippen molar-refractivity contribution in [2.75, 3.05) is 13.2 Å². The summed E-state index contributed by atoms with van der Waals surface area (Å²) >= 11 is 0. The molecule has 0 fully saturated rings. The molecule has 0 saturated carbocycles. The molecule has 5 heteroatoms. The average Bonchev–Trinajstić information content (AvgIpc) is 2.38. The van der Waals surface area contributed by atoms with E-state index in [1.54, 1.807) is 18.2 Å². The van der Waals surface area contributed by atoms with E-state index in [1.807, 2.05) is 13.8 Å². The number of hydrogen-bond acceptors (Lipinski definition) is 4. The van der Waals surface area contributed by atoms with E-state index in [0.29, 0.717) is 30.3 Å². The third-order valence-electron chi connectivity index (χ3n) is 2.58. The molecule has 1 rings (SSSR count). The van der Waals surface area contributed by atoms with E-state index in [-0.39, 0.29) is 12.8 Å². The van der Waals surface area contributed by atoms with Crippen LogP contribution < -0.4 is 9.47 Å². The monoisotopic (exact) mass is 268 g/mol. The van der Waals surface area contributed by atoms with E-state index in [1.165, 1.54) is 0 Å². The molecule has 1 aromatic carbocycles. The number of ether oxygens (including phenoxy) is 2. The molecule has 0 aliphatic rings. The summed E-state index contributed by atoms with van der Waals surface area (Å²) in [5, 5.41) is 18.5. The number of carboxylic acid groups (broad SMARTS) is 1. The summed E-state index contributed by atoms with van der Waals surface area (Å²) in [5.74, 6) is 0.268. The third kappa shape index (κ3) is 4.79. The minimum absolute atomic E-state index is 0.0711. The van der Waals surface area contributed by atoms with Gasteiger partial charge in [-0.1, -0.05) is 6.07 Å². The van der Waals surface area contributed by atoms with Crippen molar-refractivity contribution in [3.05, 3.63) is 23.8 Å². The quantitative estimate of drug-likeness (QED) is 0.757. The van der Waals surface area contributed by atoms with Crippen molar-refractivity contribution >= 4 is 5.97 Å². The minimum atomic E-state index is -0.921. The van der Waals surface area contributed by atoms with Gasteiger partial charge in [-0.15, -0.1) is 0 Å². The average molecular weight is 268 g/mol. The van der Waals surface area contributed by atoms with Crippen LogP contribution in [0.15, 0.2) is 18.2 Å². The van der Waals surface area contributed by atoms with Crippen LogP contribution in [0.1, 0.15) is 38.4 Å². The summed E-state index contributed by atoms with van der Waals surface area (Å²) in [6.07, 6.45) is -0.710. The van der Waals surface area contributed by atoms with E-state index in [4.69, 9.17) is 14.6 Å². The van der Waals surface area contributed by atoms with Gasteiger partial charge in [0.1, 0.15) is 0 Å². The number of hydrogen-bond donors (Lipinski definition) is 2. The van der Waals surface area contributed by atoms with Crippen LogP contribution in [-0.2, 0) is 4.79 Å². The molecule has 5 nitrogen and oxygen atoms in total. The molecule has 1 atom stereocenters. The van der Waals surface area contributed by atoms with Gasteiger partial charge in [0.25, 0.3) is 0 Å². The lowest BCUT2D eigenvalue weighted by atomic mass is 10.0. The first-order chi connectivity index (χ1) is 9.08. The highest BCUT2D eigenvalue weighted by Crippen LogP contribution is 2.31. The second kappa shape index (κ2) is 7.63. The highest BCUT2D eigenvalue weighted by atomic mass is 16.5. The molecular formula is C14H20O5. The van der Waals surface area contributed by atoms with Crippen LogP contribution in [0.3, 0.4) is 0 Å². The molecule has 0 spiro atoms. The van der Waals surface area contributed by atoms with E-state index in [2.05, 4.69) is 0 Å². The van der Waals surface area contributed by atoms with E-state index >= 15 is 0 Å². The van der Waals surface area contributed by atoms with Crippen LogP contribution in [-0.4, -0.2) is 29.4 Å². The van der Waals surface area contributed by atoms with E-state index in [9.17, 15) is 9.90 Å². The molecule has 0 heterocycles. The van der Waals surface area contributed by atoms with Crippen LogP contribution in [0, 0.1) is 0 Å². The molecule has 0 aliphatic carbocycles. The van der Waals surface area contributed by atoms with Gasteiger partial charge in [-0.05, 0) is 38.0 Å². The van der Waals surface area contributed by atoms with Crippen molar-refractivity contribution in [3.63, 3.8) is 0 Å². The van der Waals surface area contributed by atoms with Crippen LogP contribution in [0.2, 0.25) is 0 Å². The SMILES string of the molecule is CCOc1ccc([C@H](O)CCC(=O)O)cc1OCC. The van der Waals surface area contributed by atoms with Gasteiger partial charge in [0.15, 0.2) is 11.5 Å². The molecule has 0 saturated heterocycles. The number of carboxylic acids is 1. The van der Waals surface area contributed by atoms with Gasteiger partial charge in [-0.25, -0.2) is 0 Å². The second-order valence-corrected chi connectivity index (χ2v) is 4.02. The lowest BCUT2D eigenvalue weighted by Crippen LogP contribution is -2.04. The van der Waals surface area contributed by atoms with Crippen molar-refractivity contribution in [1.29, 1.82) is 0 Å². The minimum Gasteiger partial charge on any atom is -0.490 e. The summed E-state index contributed by atoms with van der Waals surface area (Å²) in [4.78, 5) is 10.5. The van der Waals surface area contributed by atoms with Crippen molar-refractivity contribution in [3.8, 4) is 11.5 Å². The molecule has 2 N–H and O–H groups in total. The number of aliphatic hydroxyl groups excluding tert-OH is 1. The first kappa shape index (κ1) is 15.3. The zero-order valence-corrected chi connectivity index (χ0v) is 11.3. The number of benzene rings is 1. The maximum atomic E-state index is 10.5. The maximum Gasteiger partial charge on any atom is 0.303 e. The van der Waals surface area contributed by atoms with Crippen LogP contribution >= 0.6 is 0 Å². The zero-order valence-electron chi connectivity index (χ0n) is 11.3. The summed E-state index contributed by atoms with van der Waals surface area (Å²) < 4.78 is 10.9. The van der Waals surface area contributed by atoms with Crippen molar-refractivity contribution < 1.29 is 24.5 Å². The van der Waals surface area contributed by atoms with Gasteiger partial charge in [0.05, 0.1) is 19.3 Å². The zero-order chi connectivity index (χ0) is 14.3. The van der Waals surface area contributed by atoms with Crippen molar-refractivity contribution in [2.45, 2.75) is 32.8 Å². The molecule has 0 radical (unpaired) electrons. The highest BCUT2D eigenvalue weighted by molar-refractivity contribution is 5.66. The fraction of sp³-hybridized carbons (Fsp3) is 0.500. The predicted octanol–water partition coefficient (Wildman–Crippen LogP) is 2.38.